The van der Waals surface area contributed by atoms with Gasteiger partial charge in [0.1, 0.15) is 17.3 Å². The smallest absolute Gasteiger partial charge is 0.275 e. The number of rotatable bonds is 7. The van der Waals surface area contributed by atoms with Crippen LogP contribution in [0.4, 0.5) is 14.5 Å². The number of halogens is 2. The van der Waals surface area contributed by atoms with E-state index >= 15 is 0 Å². The molecule has 0 bridgehead atoms. The Kier molecular flexibility index (Phi) is 6.78. The minimum Gasteiger partial charge on any atom is -0.352 e. The molecule has 0 unspecified atom stereocenters. The van der Waals surface area contributed by atoms with Gasteiger partial charge in [-0.25, -0.2) is 18.7 Å². The SMILES string of the molecule is CC(C)c1nc(CCNC(=O)c2cc(NC(=O)c3cnccn3)c(F)cc2F)cs1. The third-order valence-electron chi connectivity index (χ3n) is 4.08. The van der Waals surface area contributed by atoms with E-state index in [1.807, 2.05) is 19.2 Å². The minimum atomic E-state index is -1.03. The fraction of sp³-hybridized carbons (Fsp3) is 0.250. The van der Waals surface area contributed by atoms with Crippen molar-refractivity contribution in [2.24, 2.45) is 0 Å². The first-order valence-electron chi connectivity index (χ1n) is 9.14. The molecule has 7 nitrogen and oxygen atoms in total. The molecule has 0 aliphatic carbocycles. The summed E-state index contributed by atoms with van der Waals surface area (Å²) in [6, 6.07) is 1.50. The number of nitrogens with one attached hydrogen (secondary N) is 2. The topological polar surface area (TPSA) is 96.9 Å². The summed E-state index contributed by atoms with van der Waals surface area (Å²) in [7, 11) is 0. The van der Waals surface area contributed by atoms with Crippen molar-refractivity contribution < 1.29 is 18.4 Å². The first kappa shape index (κ1) is 21.4. The lowest BCUT2D eigenvalue weighted by molar-refractivity contribution is 0.0948. The maximum absolute atomic E-state index is 14.1. The third kappa shape index (κ3) is 5.20. The average molecular weight is 431 g/mol. The summed E-state index contributed by atoms with van der Waals surface area (Å²) in [6.07, 6.45) is 4.37. The van der Waals surface area contributed by atoms with Crippen molar-refractivity contribution in [1.29, 1.82) is 0 Å². The highest BCUT2D eigenvalue weighted by atomic mass is 32.1. The lowest BCUT2D eigenvalue weighted by Gasteiger charge is -2.10. The van der Waals surface area contributed by atoms with Crippen LogP contribution < -0.4 is 10.6 Å². The van der Waals surface area contributed by atoms with Crippen LogP contribution in [0.3, 0.4) is 0 Å². The van der Waals surface area contributed by atoms with Crippen LogP contribution in [0.5, 0.6) is 0 Å². The number of anilines is 1. The zero-order chi connectivity index (χ0) is 21.7. The van der Waals surface area contributed by atoms with E-state index in [4.69, 9.17) is 0 Å². The van der Waals surface area contributed by atoms with Crippen molar-refractivity contribution in [3.05, 3.63) is 69.7 Å². The van der Waals surface area contributed by atoms with Gasteiger partial charge in [0, 0.05) is 42.7 Å². The van der Waals surface area contributed by atoms with E-state index in [0.717, 1.165) is 16.8 Å². The number of thiazole rings is 1. The Morgan fingerprint density at radius 1 is 1.13 bits per heavy atom. The molecule has 10 heteroatoms. The highest BCUT2D eigenvalue weighted by Gasteiger charge is 2.18. The quantitative estimate of drug-likeness (QED) is 0.596. The highest BCUT2D eigenvalue weighted by Crippen LogP contribution is 2.21. The standard InChI is InChI=1S/C20H19F2N5O2S/c1-11(2)20-26-12(10-30-20)3-4-25-18(28)13-7-16(15(22)8-14(13)21)27-19(29)17-9-23-5-6-24-17/h5-11H,3-4H2,1-2H3,(H,25,28)(H,27,29). The summed E-state index contributed by atoms with van der Waals surface area (Å²) in [5, 5.41) is 7.78. The number of hydrogen-bond donors (Lipinski definition) is 2. The van der Waals surface area contributed by atoms with Gasteiger partial charge in [0.05, 0.1) is 28.1 Å². The van der Waals surface area contributed by atoms with Crippen molar-refractivity contribution in [2.75, 3.05) is 11.9 Å². The van der Waals surface area contributed by atoms with Crippen LogP contribution >= 0.6 is 11.3 Å². The van der Waals surface area contributed by atoms with Crippen molar-refractivity contribution in [2.45, 2.75) is 26.2 Å². The van der Waals surface area contributed by atoms with E-state index in [1.165, 1.54) is 18.6 Å². The van der Waals surface area contributed by atoms with Gasteiger partial charge in [0.15, 0.2) is 0 Å². The van der Waals surface area contributed by atoms with Crippen molar-refractivity contribution in [1.82, 2.24) is 20.3 Å². The van der Waals surface area contributed by atoms with E-state index in [9.17, 15) is 18.4 Å². The molecule has 2 N–H and O–H groups in total. The average Bonchev–Trinajstić information content (AvgIpc) is 3.20. The van der Waals surface area contributed by atoms with Crippen LogP contribution in [0, 0.1) is 11.6 Å². The molecule has 0 radical (unpaired) electrons. The van der Waals surface area contributed by atoms with Gasteiger partial charge in [-0.2, -0.15) is 0 Å². The van der Waals surface area contributed by atoms with E-state index < -0.39 is 23.4 Å². The maximum atomic E-state index is 14.1. The van der Waals surface area contributed by atoms with Gasteiger partial charge in [-0.1, -0.05) is 13.8 Å². The lowest BCUT2D eigenvalue weighted by atomic mass is 10.1. The number of nitrogens with zero attached hydrogens (tertiary/aromatic N) is 3. The molecule has 3 aromatic rings. The van der Waals surface area contributed by atoms with Crippen LogP contribution in [0.1, 0.15) is 51.3 Å². The Bertz CT molecular complexity index is 1060. The van der Waals surface area contributed by atoms with Gasteiger partial charge in [0.25, 0.3) is 11.8 Å². The molecule has 2 aromatic heterocycles. The first-order chi connectivity index (χ1) is 14.3. The summed E-state index contributed by atoms with van der Waals surface area (Å²) >= 11 is 1.55. The monoisotopic (exact) mass is 431 g/mol. The molecule has 0 aliphatic rings. The fourth-order valence-electron chi connectivity index (χ4n) is 2.52. The number of carbonyl (C=O) groups excluding carboxylic acids is 2. The van der Waals surface area contributed by atoms with Crippen molar-refractivity contribution in [3.8, 4) is 0 Å². The molecule has 2 heterocycles. The molecule has 1 aromatic carbocycles. The molecule has 30 heavy (non-hydrogen) atoms. The second kappa shape index (κ2) is 9.49. The Morgan fingerprint density at radius 2 is 1.93 bits per heavy atom. The van der Waals surface area contributed by atoms with E-state index in [1.54, 1.807) is 11.3 Å². The van der Waals surface area contributed by atoms with Gasteiger partial charge in [-0.15, -0.1) is 11.3 Å². The fourth-order valence-corrected chi connectivity index (χ4v) is 3.39. The largest absolute Gasteiger partial charge is 0.352 e. The molecule has 156 valence electrons. The highest BCUT2D eigenvalue weighted by molar-refractivity contribution is 7.09. The number of amides is 2. The third-order valence-corrected chi connectivity index (χ3v) is 5.27. The summed E-state index contributed by atoms with van der Waals surface area (Å²) in [5.41, 5.74) is 0.0713. The van der Waals surface area contributed by atoms with Crippen molar-refractivity contribution in [3.63, 3.8) is 0 Å². The summed E-state index contributed by atoms with van der Waals surface area (Å²) in [6.45, 7) is 4.32. The second-order valence-corrected chi connectivity index (χ2v) is 7.58. The maximum Gasteiger partial charge on any atom is 0.275 e. The summed E-state index contributed by atoms with van der Waals surface area (Å²) < 4.78 is 28.2. The zero-order valence-corrected chi connectivity index (χ0v) is 17.1. The Labute approximate surface area is 175 Å². The van der Waals surface area contributed by atoms with E-state index in [0.29, 0.717) is 18.4 Å². The Balaban J connectivity index is 1.66. The zero-order valence-electron chi connectivity index (χ0n) is 16.3. The first-order valence-corrected chi connectivity index (χ1v) is 10.0. The molecule has 0 saturated carbocycles. The number of hydrogen-bond acceptors (Lipinski definition) is 6. The van der Waals surface area contributed by atoms with Crippen LogP contribution in [0.15, 0.2) is 36.1 Å². The van der Waals surface area contributed by atoms with Gasteiger partial charge < -0.3 is 10.6 Å². The molecular formula is C20H19F2N5O2S. The van der Waals surface area contributed by atoms with E-state index in [-0.39, 0.29) is 23.5 Å². The number of benzene rings is 1. The molecule has 0 fully saturated rings. The molecule has 3 rings (SSSR count). The second-order valence-electron chi connectivity index (χ2n) is 6.69. The molecular weight excluding hydrogens is 412 g/mol. The minimum absolute atomic E-state index is 0.0451. The normalized spacial score (nSPS) is 10.8. The lowest BCUT2D eigenvalue weighted by Crippen LogP contribution is -2.27. The van der Waals surface area contributed by atoms with Gasteiger partial charge in [-0.3, -0.25) is 14.6 Å². The van der Waals surface area contributed by atoms with Crippen LogP contribution in [0.2, 0.25) is 0 Å². The number of aromatic nitrogens is 3. The van der Waals surface area contributed by atoms with Crippen molar-refractivity contribution >= 4 is 28.8 Å². The molecule has 0 saturated heterocycles. The summed E-state index contributed by atoms with van der Waals surface area (Å²) in [4.78, 5) is 36.5. The van der Waals surface area contributed by atoms with Crippen LogP contribution in [-0.2, 0) is 6.42 Å². The Hall–Kier alpha value is -3.27. The van der Waals surface area contributed by atoms with Crippen LogP contribution in [-0.4, -0.2) is 33.3 Å². The van der Waals surface area contributed by atoms with Gasteiger partial charge in [0.2, 0.25) is 0 Å². The Morgan fingerprint density at radius 3 is 2.60 bits per heavy atom. The number of carbonyl (C=O) groups is 2. The molecule has 0 atom stereocenters. The van der Waals surface area contributed by atoms with Crippen LogP contribution in [0.25, 0.3) is 0 Å². The molecule has 2 amide bonds. The summed E-state index contributed by atoms with van der Waals surface area (Å²) in [5.74, 6) is -3.17. The predicted molar refractivity (Wildman–Crippen MR) is 109 cm³/mol. The van der Waals surface area contributed by atoms with Gasteiger partial charge in [-0.05, 0) is 6.07 Å². The molecule has 0 aliphatic heterocycles. The van der Waals surface area contributed by atoms with E-state index in [2.05, 4.69) is 25.6 Å². The predicted octanol–water partition coefficient (Wildman–Crippen LogP) is 3.56. The van der Waals surface area contributed by atoms with Gasteiger partial charge >= 0.3 is 0 Å². The molecule has 0 spiro atoms.